The summed E-state index contributed by atoms with van der Waals surface area (Å²) >= 11 is 0. The van der Waals surface area contributed by atoms with Crippen molar-refractivity contribution in [3.8, 4) is 11.5 Å². The van der Waals surface area contributed by atoms with E-state index in [2.05, 4.69) is 15.5 Å². The summed E-state index contributed by atoms with van der Waals surface area (Å²) in [7, 11) is 1.67. The number of rotatable bonds is 5. The van der Waals surface area contributed by atoms with Gasteiger partial charge in [0, 0.05) is 19.7 Å². The van der Waals surface area contributed by atoms with Crippen LogP contribution in [-0.4, -0.2) is 30.5 Å². The summed E-state index contributed by atoms with van der Waals surface area (Å²) in [5, 5.41) is 10.2. The highest BCUT2D eigenvalue weighted by atomic mass is 16.5. The average Bonchev–Trinajstić information content (AvgIpc) is 2.87. The van der Waals surface area contributed by atoms with Crippen molar-refractivity contribution in [3.05, 3.63) is 24.0 Å². The molecule has 0 aromatic carbocycles. The third kappa shape index (κ3) is 2.43. The molecule has 0 amide bonds. The third-order valence-corrected chi connectivity index (χ3v) is 2.20. The maximum absolute atomic E-state index is 5.48. The van der Waals surface area contributed by atoms with E-state index >= 15 is 0 Å². The number of aromatic nitrogens is 2. The molecule has 2 N–H and O–H groups in total. The standard InChI is InChI=1S/C11H15N3O2/c1-8-3-4-10(16-8)9-7-11(14-13-9)12-5-6-15-2/h3-4,7H,5-6H2,1-2H3,(H2,12,13,14). The normalized spacial score (nSPS) is 10.6. The van der Waals surface area contributed by atoms with Gasteiger partial charge in [-0.2, -0.15) is 5.10 Å². The van der Waals surface area contributed by atoms with Crippen LogP contribution in [0.2, 0.25) is 0 Å². The summed E-state index contributed by atoms with van der Waals surface area (Å²) in [6.45, 7) is 3.30. The highest BCUT2D eigenvalue weighted by Crippen LogP contribution is 2.21. The Morgan fingerprint density at radius 1 is 1.50 bits per heavy atom. The van der Waals surface area contributed by atoms with Crippen LogP contribution in [0, 0.1) is 6.92 Å². The van der Waals surface area contributed by atoms with Crippen LogP contribution >= 0.6 is 0 Å². The maximum Gasteiger partial charge on any atom is 0.152 e. The zero-order valence-corrected chi connectivity index (χ0v) is 9.41. The van der Waals surface area contributed by atoms with Crippen LogP contribution in [0.15, 0.2) is 22.6 Å². The lowest BCUT2D eigenvalue weighted by Gasteiger charge is -1.99. The van der Waals surface area contributed by atoms with Gasteiger partial charge in [0.25, 0.3) is 0 Å². The van der Waals surface area contributed by atoms with Gasteiger partial charge in [-0.3, -0.25) is 5.10 Å². The van der Waals surface area contributed by atoms with Gasteiger partial charge in [0.1, 0.15) is 17.3 Å². The molecular weight excluding hydrogens is 206 g/mol. The van der Waals surface area contributed by atoms with Crippen molar-refractivity contribution < 1.29 is 9.15 Å². The molecule has 0 aliphatic carbocycles. The van der Waals surface area contributed by atoms with Crippen molar-refractivity contribution in [1.29, 1.82) is 0 Å². The van der Waals surface area contributed by atoms with Gasteiger partial charge in [-0.25, -0.2) is 0 Å². The molecule has 0 spiro atoms. The summed E-state index contributed by atoms with van der Waals surface area (Å²) in [5.74, 6) is 2.48. The fourth-order valence-corrected chi connectivity index (χ4v) is 1.40. The minimum absolute atomic E-state index is 0.655. The van der Waals surface area contributed by atoms with Gasteiger partial charge in [-0.1, -0.05) is 0 Å². The van der Waals surface area contributed by atoms with Crippen molar-refractivity contribution in [1.82, 2.24) is 10.2 Å². The van der Waals surface area contributed by atoms with Crippen LogP contribution in [0.3, 0.4) is 0 Å². The Bertz CT molecular complexity index is 448. The zero-order valence-electron chi connectivity index (χ0n) is 9.41. The molecule has 0 aliphatic heterocycles. The number of nitrogens with zero attached hydrogens (tertiary/aromatic N) is 1. The van der Waals surface area contributed by atoms with E-state index in [1.54, 1.807) is 7.11 Å². The predicted molar refractivity (Wildman–Crippen MR) is 61.4 cm³/mol. The van der Waals surface area contributed by atoms with Crippen LogP contribution in [0.5, 0.6) is 0 Å². The molecule has 86 valence electrons. The molecule has 0 saturated carbocycles. The van der Waals surface area contributed by atoms with Crippen molar-refractivity contribution in [3.63, 3.8) is 0 Å². The van der Waals surface area contributed by atoms with Crippen LogP contribution in [0.25, 0.3) is 11.5 Å². The number of hydrogen-bond donors (Lipinski definition) is 2. The number of hydrogen-bond acceptors (Lipinski definition) is 4. The number of nitrogens with one attached hydrogen (secondary N) is 2. The number of ether oxygens (including phenoxy) is 1. The number of furan rings is 1. The molecule has 0 atom stereocenters. The second-order valence-electron chi connectivity index (χ2n) is 3.50. The molecule has 0 unspecified atom stereocenters. The number of methoxy groups -OCH3 is 1. The lowest BCUT2D eigenvalue weighted by atomic mass is 10.3. The van der Waals surface area contributed by atoms with E-state index in [9.17, 15) is 0 Å². The second kappa shape index (κ2) is 4.85. The molecule has 2 aromatic heterocycles. The van der Waals surface area contributed by atoms with E-state index in [1.807, 2.05) is 25.1 Å². The highest BCUT2D eigenvalue weighted by Gasteiger charge is 2.06. The van der Waals surface area contributed by atoms with Gasteiger partial charge in [-0.15, -0.1) is 0 Å². The second-order valence-corrected chi connectivity index (χ2v) is 3.50. The Kier molecular flexibility index (Phi) is 3.26. The van der Waals surface area contributed by atoms with Crippen molar-refractivity contribution >= 4 is 5.82 Å². The van der Waals surface area contributed by atoms with Crippen LogP contribution in [0.4, 0.5) is 5.82 Å². The fraction of sp³-hybridized carbons (Fsp3) is 0.364. The molecule has 0 radical (unpaired) electrons. The van der Waals surface area contributed by atoms with Crippen molar-refractivity contribution in [2.45, 2.75) is 6.92 Å². The van der Waals surface area contributed by atoms with Crippen molar-refractivity contribution in [2.75, 3.05) is 25.6 Å². The third-order valence-electron chi connectivity index (χ3n) is 2.20. The average molecular weight is 221 g/mol. The molecular formula is C11H15N3O2. The van der Waals surface area contributed by atoms with E-state index in [4.69, 9.17) is 9.15 Å². The van der Waals surface area contributed by atoms with E-state index in [-0.39, 0.29) is 0 Å². The number of aryl methyl sites for hydroxylation is 1. The molecule has 5 heteroatoms. The molecule has 2 heterocycles. The Balaban J connectivity index is 2.02. The number of aromatic amines is 1. The van der Waals surface area contributed by atoms with E-state index in [0.29, 0.717) is 6.61 Å². The molecule has 0 bridgehead atoms. The molecule has 0 aliphatic rings. The van der Waals surface area contributed by atoms with Gasteiger partial charge in [0.15, 0.2) is 5.76 Å². The van der Waals surface area contributed by atoms with Gasteiger partial charge in [0.2, 0.25) is 0 Å². The van der Waals surface area contributed by atoms with Crippen LogP contribution < -0.4 is 5.32 Å². The smallest absolute Gasteiger partial charge is 0.152 e. The topological polar surface area (TPSA) is 63.1 Å². The number of anilines is 1. The first-order valence-corrected chi connectivity index (χ1v) is 5.14. The molecule has 0 saturated heterocycles. The number of H-pyrrole nitrogens is 1. The van der Waals surface area contributed by atoms with Crippen LogP contribution in [0.1, 0.15) is 5.76 Å². The SMILES string of the molecule is COCCNc1cc(-c2ccc(C)o2)[nH]n1. The Labute approximate surface area is 93.8 Å². The first-order valence-electron chi connectivity index (χ1n) is 5.14. The quantitative estimate of drug-likeness (QED) is 0.758. The summed E-state index contributed by atoms with van der Waals surface area (Å²) < 4.78 is 10.4. The summed E-state index contributed by atoms with van der Waals surface area (Å²) in [6.07, 6.45) is 0. The van der Waals surface area contributed by atoms with Crippen molar-refractivity contribution in [2.24, 2.45) is 0 Å². The van der Waals surface area contributed by atoms with Gasteiger partial charge in [0.05, 0.1) is 6.61 Å². The highest BCUT2D eigenvalue weighted by molar-refractivity contribution is 5.57. The Morgan fingerprint density at radius 2 is 2.38 bits per heavy atom. The fourth-order valence-electron chi connectivity index (χ4n) is 1.40. The molecule has 16 heavy (non-hydrogen) atoms. The molecule has 0 fully saturated rings. The summed E-state index contributed by atoms with van der Waals surface area (Å²) in [5.41, 5.74) is 0.869. The lowest BCUT2D eigenvalue weighted by Crippen LogP contribution is -2.07. The lowest BCUT2D eigenvalue weighted by molar-refractivity contribution is 0.210. The first kappa shape index (κ1) is 10.8. The molecule has 2 rings (SSSR count). The zero-order chi connectivity index (χ0) is 11.4. The van der Waals surface area contributed by atoms with E-state index in [1.165, 1.54) is 0 Å². The largest absolute Gasteiger partial charge is 0.460 e. The van der Waals surface area contributed by atoms with Crippen LogP contribution in [-0.2, 0) is 4.74 Å². The Morgan fingerprint density at radius 3 is 3.06 bits per heavy atom. The predicted octanol–water partition coefficient (Wildman–Crippen LogP) is 2.04. The maximum atomic E-state index is 5.48. The summed E-state index contributed by atoms with van der Waals surface area (Å²) in [4.78, 5) is 0. The Hall–Kier alpha value is -1.75. The minimum atomic E-state index is 0.655. The minimum Gasteiger partial charge on any atom is -0.460 e. The first-order chi connectivity index (χ1) is 7.79. The van der Waals surface area contributed by atoms with Gasteiger partial charge in [-0.05, 0) is 19.1 Å². The van der Waals surface area contributed by atoms with E-state index < -0.39 is 0 Å². The molecule has 5 nitrogen and oxygen atoms in total. The van der Waals surface area contributed by atoms with Gasteiger partial charge < -0.3 is 14.5 Å². The van der Waals surface area contributed by atoms with Gasteiger partial charge >= 0.3 is 0 Å². The molecule has 2 aromatic rings. The van der Waals surface area contributed by atoms with E-state index in [0.717, 1.165) is 29.6 Å². The summed E-state index contributed by atoms with van der Waals surface area (Å²) in [6, 6.07) is 5.75. The monoisotopic (exact) mass is 221 g/mol.